The summed E-state index contributed by atoms with van der Waals surface area (Å²) >= 11 is 15.1. The summed E-state index contributed by atoms with van der Waals surface area (Å²) in [6, 6.07) is 24.5. The van der Waals surface area contributed by atoms with Gasteiger partial charge in [-0.2, -0.15) is 0 Å². The van der Waals surface area contributed by atoms with E-state index in [1.54, 1.807) is 81.5 Å². The minimum atomic E-state index is -3.49. The first-order chi connectivity index (χ1) is 33.6. The number of carbonyl (C=O) groups is 2. The minimum absolute atomic E-state index is 0.0336. The Morgan fingerprint density at radius 3 is 1.54 bits per heavy atom. The Bertz CT molecular complexity index is 3020. The van der Waals surface area contributed by atoms with E-state index in [-0.39, 0.29) is 57.4 Å². The van der Waals surface area contributed by atoms with Crippen molar-refractivity contribution >= 4 is 88.7 Å². The van der Waals surface area contributed by atoms with Crippen LogP contribution in [0, 0.1) is 13.8 Å². The van der Waals surface area contributed by atoms with Crippen LogP contribution >= 0.6 is 45.9 Å². The molecule has 0 spiro atoms. The number of carbonyl (C=O) groups excluding carboxylic acids is 2. The van der Waals surface area contributed by atoms with Crippen LogP contribution in [0.25, 0.3) is 0 Å². The van der Waals surface area contributed by atoms with Gasteiger partial charge in [-0.3, -0.25) is 19.4 Å². The van der Waals surface area contributed by atoms with Gasteiger partial charge in [0.15, 0.2) is 19.7 Å². The Kier molecular flexibility index (Phi) is 15.6. The van der Waals surface area contributed by atoms with Gasteiger partial charge in [-0.05, 0) is 116 Å². The number of rotatable bonds is 12. The molecule has 10 rings (SSSR count). The molecule has 0 radical (unpaired) electrons. The Labute approximate surface area is 426 Å². The Hall–Kier alpha value is -4.60. The molecular weight excluding hydrogens is 1010 g/mol. The van der Waals surface area contributed by atoms with E-state index in [1.807, 2.05) is 44.2 Å². The summed E-state index contributed by atoms with van der Waals surface area (Å²) in [4.78, 5) is 43.2. The molecular formula is C50H52Cl2N6O8S4. The predicted molar refractivity (Wildman–Crippen MR) is 273 cm³/mol. The van der Waals surface area contributed by atoms with Crippen molar-refractivity contribution in [3.05, 3.63) is 150 Å². The molecule has 20 heteroatoms. The van der Waals surface area contributed by atoms with Crippen LogP contribution < -0.4 is 9.80 Å². The lowest BCUT2D eigenvalue weighted by atomic mass is 10.0. The SMILES string of the molecule is Cc1cc(Cl)cc([C@H]2CN([C@H]3CCN(c4ccc(S(=O)(=O)Cc5nccs5)cc4)C3=O)CCO2)c1.Cc1cc([C@H]2CN([C@H]3CCN(c4ccc(S(=O)(=O)Cc5nccs5)cc4)C3=O)CCO2)ccc1Cl. The second-order valence-corrected chi connectivity index (χ2v) is 24.5. The Balaban J connectivity index is 0.000000174. The molecule has 0 unspecified atom stereocenters. The van der Waals surface area contributed by atoms with Crippen molar-refractivity contribution in [2.24, 2.45) is 0 Å². The van der Waals surface area contributed by atoms with Gasteiger partial charge in [0.2, 0.25) is 11.8 Å². The van der Waals surface area contributed by atoms with Crippen LogP contribution in [0.5, 0.6) is 0 Å². The largest absolute Gasteiger partial charge is 0.371 e. The quantitative estimate of drug-likeness (QED) is 0.115. The number of aryl methyl sites for hydroxylation is 2. The fourth-order valence-electron chi connectivity index (χ4n) is 9.45. The van der Waals surface area contributed by atoms with Gasteiger partial charge in [0.1, 0.15) is 21.5 Å². The number of sulfone groups is 2. The molecule has 0 N–H and O–H groups in total. The molecule has 6 heterocycles. The monoisotopic (exact) mass is 1060 g/mol. The smallest absolute Gasteiger partial charge is 0.244 e. The Morgan fingerprint density at radius 1 is 0.614 bits per heavy atom. The van der Waals surface area contributed by atoms with E-state index < -0.39 is 19.7 Å². The number of amides is 2. The van der Waals surface area contributed by atoms with E-state index in [9.17, 15) is 26.4 Å². The van der Waals surface area contributed by atoms with E-state index in [0.717, 1.165) is 33.7 Å². The van der Waals surface area contributed by atoms with Gasteiger partial charge in [-0.1, -0.05) is 41.4 Å². The topological polar surface area (TPSA) is 160 Å². The van der Waals surface area contributed by atoms with Crippen molar-refractivity contribution in [1.29, 1.82) is 0 Å². The van der Waals surface area contributed by atoms with E-state index >= 15 is 0 Å². The second kappa shape index (κ2) is 21.6. The zero-order chi connectivity index (χ0) is 49.2. The molecule has 14 nitrogen and oxygen atoms in total. The average Bonchev–Trinajstić information content (AvgIpc) is 4.20. The van der Waals surface area contributed by atoms with Gasteiger partial charge in [0, 0.05) is 83.8 Å². The van der Waals surface area contributed by atoms with Crippen molar-refractivity contribution in [1.82, 2.24) is 19.8 Å². The van der Waals surface area contributed by atoms with Crippen LogP contribution in [-0.2, 0) is 50.2 Å². The molecule has 0 aliphatic carbocycles. The van der Waals surface area contributed by atoms with Crippen molar-refractivity contribution in [3.63, 3.8) is 0 Å². The first-order valence-electron chi connectivity index (χ1n) is 22.9. The van der Waals surface area contributed by atoms with Gasteiger partial charge in [0.05, 0.1) is 47.3 Å². The maximum Gasteiger partial charge on any atom is 0.244 e. The third kappa shape index (κ3) is 11.5. The zero-order valence-corrected chi connectivity index (χ0v) is 43.3. The van der Waals surface area contributed by atoms with Gasteiger partial charge in [-0.25, -0.2) is 26.8 Å². The highest BCUT2D eigenvalue weighted by atomic mass is 35.5. The number of aromatic nitrogens is 2. The number of hydrogen-bond acceptors (Lipinski definition) is 14. The fraction of sp³-hybridized carbons (Fsp3) is 0.360. The van der Waals surface area contributed by atoms with Crippen molar-refractivity contribution in [3.8, 4) is 0 Å². The first kappa shape index (κ1) is 50.3. The number of nitrogens with zero attached hydrogens (tertiary/aromatic N) is 6. The fourth-order valence-corrected chi connectivity index (χ4v) is 14.4. The van der Waals surface area contributed by atoms with Crippen LogP contribution in [-0.4, -0.2) is 113 Å². The molecule has 4 atom stereocenters. The lowest BCUT2D eigenvalue weighted by molar-refractivity contribution is -0.125. The van der Waals surface area contributed by atoms with E-state index in [1.165, 1.54) is 22.7 Å². The number of anilines is 2. The number of ether oxygens (including phenoxy) is 2. The first-order valence-corrected chi connectivity index (χ1v) is 28.7. The molecule has 4 aliphatic heterocycles. The maximum atomic E-state index is 13.3. The highest BCUT2D eigenvalue weighted by Crippen LogP contribution is 2.34. The molecule has 6 aromatic rings. The number of morpholine rings is 2. The van der Waals surface area contributed by atoms with Gasteiger partial charge < -0.3 is 19.3 Å². The molecule has 4 aromatic carbocycles. The summed E-state index contributed by atoms with van der Waals surface area (Å²) in [6.07, 6.45) is 4.38. The average molecular weight is 1060 g/mol. The van der Waals surface area contributed by atoms with Crippen molar-refractivity contribution in [2.75, 3.05) is 62.3 Å². The van der Waals surface area contributed by atoms with Gasteiger partial charge in [-0.15, -0.1) is 22.7 Å². The van der Waals surface area contributed by atoms with Crippen LogP contribution in [0.15, 0.2) is 118 Å². The predicted octanol–water partition coefficient (Wildman–Crippen LogP) is 8.52. The molecule has 0 saturated carbocycles. The molecule has 70 heavy (non-hydrogen) atoms. The molecule has 2 aromatic heterocycles. The number of benzene rings is 4. The van der Waals surface area contributed by atoms with Crippen LogP contribution in [0.3, 0.4) is 0 Å². The van der Waals surface area contributed by atoms with Crippen LogP contribution in [0.1, 0.15) is 57.3 Å². The third-order valence-corrected chi connectivity index (χ3v) is 18.9. The highest BCUT2D eigenvalue weighted by Gasteiger charge is 2.41. The van der Waals surface area contributed by atoms with Gasteiger partial charge in [0.25, 0.3) is 0 Å². The van der Waals surface area contributed by atoms with E-state index in [0.29, 0.717) is 85.3 Å². The second-order valence-electron chi connectivity index (χ2n) is 17.7. The summed E-state index contributed by atoms with van der Waals surface area (Å²) in [5.41, 5.74) is 5.59. The summed E-state index contributed by atoms with van der Waals surface area (Å²) < 4.78 is 62.8. The van der Waals surface area contributed by atoms with E-state index in [4.69, 9.17) is 32.7 Å². The highest BCUT2D eigenvalue weighted by molar-refractivity contribution is 7.91. The van der Waals surface area contributed by atoms with Crippen LogP contribution in [0.4, 0.5) is 11.4 Å². The lowest BCUT2D eigenvalue weighted by Crippen LogP contribution is -2.48. The normalized spacial score (nSPS) is 21.5. The molecule has 4 fully saturated rings. The molecule has 2 amide bonds. The summed E-state index contributed by atoms with van der Waals surface area (Å²) in [6.45, 7) is 8.91. The van der Waals surface area contributed by atoms with Gasteiger partial charge >= 0.3 is 0 Å². The summed E-state index contributed by atoms with van der Waals surface area (Å²) in [5.74, 6) is -0.179. The number of hydrogen-bond donors (Lipinski definition) is 0. The Morgan fingerprint density at radius 2 is 1.10 bits per heavy atom. The zero-order valence-electron chi connectivity index (χ0n) is 38.5. The maximum absolute atomic E-state index is 13.3. The summed E-state index contributed by atoms with van der Waals surface area (Å²) in [5, 5.41) is 6.05. The van der Waals surface area contributed by atoms with Crippen molar-refractivity contribution < 1.29 is 35.9 Å². The molecule has 4 aliphatic rings. The lowest BCUT2D eigenvalue weighted by Gasteiger charge is -2.36. The third-order valence-electron chi connectivity index (χ3n) is 13.0. The number of halogens is 2. The molecule has 368 valence electrons. The molecule has 4 saturated heterocycles. The minimum Gasteiger partial charge on any atom is -0.371 e. The van der Waals surface area contributed by atoms with E-state index in [2.05, 4.69) is 25.8 Å². The van der Waals surface area contributed by atoms with Crippen LogP contribution in [0.2, 0.25) is 10.0 Å². The standard InChI is InChI=1S/2C25H26ClN3O4S2/c1-17-14-18(2-7-21(17)26)23-15-28(11-12-33-23)22-8-10-29(25(22)30)19-3-5-20(6-4-19)35(31,32)16-24-27-9-13-34-24;1-17-12-18(14-19(26)13-17)23-15-28(9-10-33-23)22-6-8-29(25(22)30)20-2-4-21(5-3-20)35(31,32)16-24-27-7-11-34-24/h2-7,9,13-14,22-23H,8,10-12,15-16H2,1H3;2-5,7,11-14,22-23H,6,8-10,15-16H2,1H3/t2*22-,23+/m00/s1. The van der Waals surface area contributed by atoms with Crippen molar-refractivity contribution in [2.45, 2.75) is 72.3 Å². The summed E-state index contributed by atoms with van der Waals surface area (Å²) in [7, 11) is -6.98. The number of thiazole rings is 2. The molecule has 0 bridgehead atoms.